The third kappa shape index (κ3) is 5.59. The standard InChI is InChI=1S/C7H15NO4S/c1-3-4-8-13(11,12)5-6(2)7(9)10/h6,8H,3-5H2,1-2H3,(H,9,10). The highest BCUT2D eigenvalue weighted by Gasteiger charge is 2.19. The first-order chi connectivity index (χ1) is 5.89. The number of aliphatic carboxylic acids is 1. The van der Waals surface area contributed by atoms with E-state index in [1.54, 1.807) is 0 Å². The Morgan fingerprint density at radius 2 is 2.08 bits per heavy atom. The molecule has 2 N–H and O–H groups in total. The molecule has 0 aliphatic heterocycles. The Morgan fingerprint density at radius 1 is 1.54 bits per heavy atom. The molecule has 0 aromatic heterocycles. The number of nitrogens with one attached hydrogen (secondary N) is 1. The number of carboxylic acids is 1. The third-order valence-electron chi connectivity index (χ3n) is 1.46. The molecule has 0 amide bonds. The molecule has 5 nitrogen and oxygen atoms in total. The number of sulfonamides is 1. The number of carbonyl (C=O) groups is 1. The maximum absolute atomic E-state index is 11.1. The van der Waals surface area contributed by atoms with Crippen LogP contribution in [0.3, 0.4) is 0 Å². The maximum atomic E-state index is 11.1. The van der Waals surface area contributed by atoms with E-state index < -0.39 is 21.9 Å². The van der Waals surface area contributed by atoms with E-state index in [-0.39, 0.29) is 5.75 Å². The van der Waals surface area contributed by atoms with E-state index >= 15 is 0 Å². The molecule has 0 aliphatic rings. The van der Waals surface area contributed by atoms with Gasteiger partial charge in [-0.3, -0.25) is 4.79 Å². The maximum Gasteiger partial charge on any atom is 0.307 e. The summed E-state index contributed by atoms with van der Waals surface area (Å²) in [6, 6.07) is 0. The zero-order valence-corrected chi connectivity index (χ0v) is 8.60. The van der Waals surface area contributed by atoms with Gasteiger partial charge in [-0.2, -0.15) is 0 Å². The molecule has 13 heavy (non-hydrogen) atoms. The lowest BCUT2D eigenvalue weighted by molar-refractivity contribution is -0.140. The summed E-state index contributed by atoms with van der Waals surface area (Å²) in [5, 5.41) is 8.48. The largest absolute Gasteiger partial charge is 0.481 e. The molecule has 0 rings (SSSR count). The second kappa shape index (κ2) is 5.18. The smallest absolute Gasteiger partial charge is 0.307 e. The van der Waals surface area contributed by atoms with Crippen LogP contribution in [0.5, 0.6) is 0 Å². The molecule has 0 saturated heterocycles. The summed E-state index contributed by atoms with van der Waals surface area (Å²) >= 11 is 0. The van der Waals surface area contributed by atoms with Crippen molar-refractivity contribution in [1.82, 2.24) is 4.72 Å². The molecular weight excluding hydrogens is 194 g/mol. The first kappa shape index (κ1) is 12.4. The lowest BCUT2D eigenvalue weighted by Crippen LogP contribution is -2.32. The summed E-state index contributed by atoms with van der Waals surface area (Å²) in [6.45, 7) is 3.56. The van der Waals surface area contributed by atoms with Crippen molar-refractivity contribution in [2.45, 2.75) is 20.3 Å². The second-order valence-electron chi connectivity index (χ2n) is 2.92. The van der Waals surface area contributed by atoms with Gasteiger partial charge in [0.1, 0.15) is 0 Å². The fourth-order valence-electron chi connectivity index (χ4n) is 0.717. The van der Waals surface area contributed by atoms with Gasteiger partial charge in [0.05, 0.1) is 11.7 Å². The van der Waals surface area contributed by atoms with Crippen LogP contribution < -0.4 is 4.72 Å². The highest BCUT2D eigenvalue weighted by Crippen LogP contribution is 1.99. The van der Waals surface area contributed by atoms with Crippen LogP contribution in [-0.4, -0.2) is 31.8 Å². The summed E-state index contributed by atoms with van der Waals surface area (Å²) < 4.78 is 24.6. The Kier molecular flexibility index (Phi) is 4.94. The fraction of sp³-hybridized carbons (Fsp3) is 0.857. The molecule has 0 fully saturated rings. The van der Waals surface area contributed by atoms with Crippen LogP contribution in [0.25, 0.3) is 0 Å². The quantitative estimate of drug-likeness (QED) is 0.646. The lowest BCUT2D eigenvalue weighted by atomic mass is 10.2. The minimum absolute atomic E-state index is 0.356. The third-order valence-corrected chi connectivity index (χ3v) is 3.05. The van der Waals surface area contributed by atoms with Crippen LogP contribution in [0.2, 0.25) is 0 Å². The van der Waals surface area contributed by atoms with Crippen molar-refractivity contribution in [3.8, 4) is 0 Å². The molecule has 0 radical (unpaired) electrons. The minimum atomic E-state index is -3.42. The molecule has 0 heterocycles. The van der Waals surface area contributed by atoms with E-state index in [0.29, 0.717) is 13.0 Å². The van der Waals surface area contributed by atoms with Crippen molar-refractivity contribution in [3.63, 3.8) is 0 Å². The van der Waals surface area contributed by atoms with Gasteiger partial charge in [0.25, 0.3) is 0 Å². The molecular formula is C7H15NO4S. The van der Waals surface area contributed by atoms with Gasteiger partial charge in [0.15, 0.2) is 0 Å². The predicted molar refractivity (Wildman–Crippen MR) is 48.9 cm³/mol. The van der Waals surface area contributed by atoms with E-state index in [9.17, 15) is 13.2 Å². The molecule has 0 saturated carbocycles. The van der Waals surface area contributed by atoms with Crippen LogP contribution in [0.4, 0.5) is 0 Å². The Hall–Kier alpha value is -0.620. The van der Waals surface area contributed by atoms with Gasteiger partial charge in [0, 0.05) is 6.54 Å². The predicted octanol–water partition coefficient (Wildman–Crippen LogP) is 0.0365. The normalized spacial score (nSPS) is 14.0. The number of carboxylic acid groups (broad SMARTS) is 1. The van der Waals surface area contributed by atoms with E-state index in [2.05, 4.69) is 4.72 Å². The van der Waals surface area contributed by atoms with Gasteiger partial charge in [-0.1, -0.05) is 13.8 Å². The fourth-order valence-corrected chi connectivity index (χ4v) is 2.15. The lowest BCUT2D eigenvalue weighted by Gasteiger charge is -2.07. The monoisotopic (exact) mass is 209 g/mol. The van der Waals surface area contributed by atoms with Gasteiger partial charge in [-0.15, -0.1) is 0 Å². The Labute approximate surface area is 78.2 Å². The SMILES string of the molecule is CCCNS(=O)(=O)CC(C)C(=O)O. The van der Waals surface area contributed by atoms with Crippen molar-refractivity contribution >= 4 is 16.0 Å². The first-order valence-electron chi connectivity index (χ1n) is 4.09. The average Bonchev–Trinajstić information content (AvgIpc) is 2.00. The summed E-state index contributed by atoms with van der Waals surface area (Å²) in [6.07, 6.45) is 0.695. The van der Waals surface area contributed by atoms with Crippen molar-refractivity contribution < 1.29 is 18.3 Å². The molecule has 0 aromatic carbocycles. The molecule has 0 aliphatic carbocycles. The zero-order valence-electron chi connectivity index (χ0n) is 7.78. The van der Waals surface area contributed by atoms with Crippen LogP contribution in [-0.2, 0) is 14.8 Å². The molecule has 1 unspecified atom stereocenters. The highest BCUT2D eigenvalue weighted by molar-refractivity contribution is 7.89. The van der Waals surface area contributed by atoms with Crippen molar-refractivity contribution in [3.05, 3.63) is 0 Å². The number of hydrogen-bond donors (Lipinski definition) is 2. The molecule has 6 heteroatoms. The van der Waals surface area contributed by atoms with E-state index in [1.165, 1.54) is 6.92 Å². The van der Waals surface area contributed by atoms with Crippen molar-refractivity contribution in [2.24, 2.45) is 5.92 Å². The van der Waals surface area contributed by atoms with Crippen LogP contribution in [0, 0.1) is 5.92 Å². The first-order valence-corrected chi connectivity index (χ1v) is 5.74. The van der Waals surface area contributed by atoms with Crippen molar-refractivity contribution in [2.75, 3.05) is 12.3 Å². The molecule has 0 bridgehead atoms. The number of hydrogen-bond acceptors (Lipinski definition) is 3. The Balaban J connectivity index is 4.10. The molecule has 1 atom stereocenters. The molecule has 0 spiro atoms. The van der Waals surface area contributed by atoms with E-state index in [1.807, 2.05) is 6.92 Å². The average molecular weight is 209 g/mol. The van der Waals surface area contributed by atoms with Gasteiger partial charge in [-0.25, -0.2) is 13.1 Å². The van der Waals surface area contributed by atoms with Crippen molar-refractivity contribution in [1.29, 1.82) is 0 Å². The number of rotatable bonds is 6. The van der Waals surface area contributed by atoms with Crippen LogP contribution in [0.15, 0.2) is 0 Å². The molecule has 0 aromatic rings. The summed E-state index contributed by atoms with van der Waals surface area (Å²) in [5.74, 6) is -2.32. The summed E-state index contributed by atoms with van der Waals surface area (Å²) in [4.78, 5) is 10.4. The highest BCUT2D eigenvalue weighted by atomic mass is 32.2. The van der Waals surface area contributed by atoms with E-state index in [4.69, 9.17) is 5.11 Å². The second-order valence-corrected chi connectivity index (χ2v) is 4.77. The Bertz CT molecular complexity index is 260. The summed E-state index contributed by atoms with van der Waals surface area (Å²) in [7, 11) is -3.42. The van der Waals surface area contributed by atoms with Gasteiger partial charge in [-0.05, 0) is 6.42 Å². The van der Waals surface area contributed by atoms with Crippen LogP contribution >= 0.6 is 0 Å². The topological polar surface area (TPSA) is 83.5 Å². The van der Waals surface area contributed by atoms with E-state index in [0.717, 1.165) is 0 Å². The van der Waals surface area contributed by atoms with Crippen LogP contribution in [0.1, 0.15) is 20.3 Å². The Morgan fingerprint density at radius 3 is 2.46 bits per heavy atom. The summed E-state index contributed by atoms with van der Waals surface area (Å²) in [5.41, 5.74) is 0. The molecule has 78 valence electrons. The van der Waals surface area contributed by atoms with Gasteiger partial charge in [0.2, 0.25) is 10.0 Å². The zero-order chi connectivity index (χ0) is 10.5. The minimum Gasteiger partial charge on any atom is -0.481 e. The van der Waals surface area contributed by atoms with Gasteiger partial charge >= 0.3 is 5.97 Å². The van der Waals surface area contributed by atoms with Gasteiger partial charge < -0.3 is 5.11 Å².